The number of amides is 1. The average molecular weight is 350 g/mol. The maximum absolute atomic E-state index is 12.1. The molecule has 22 heavy (non-hydrogen) atoms. The summed E-state index contributed by atoms with van der Waals surface area (Å²) in [5.41, 5.74) is 0.493. The van der Waals surface area contributed by atoms with Crippen LogP contribution in [-0.2, 0) is 10.0 Å². The third-order valence-electron chi connectivity index (χ3n) is 3.13. The fourth-order valence-corrected chi connectivity index (χ4v) is 2.90. The molecule has 0 saturated heterocycles. The van der Waals surface area contributed by atoms with Gasteiger partial charge in [-0.15, -0.1) is 12.4 Å². The number of hydrogen-bond donors (Lipinski definition) is 2. The van der Waals surface area contributed by atoms with Gasteiger partial charge in [-0.3, -0.25) is 4.79 Å². The van der Waals surface area contributed by atoms with E-state index in [1.807, 2.05) is 13.8 Å². The minimum Gasteiger partial charge on any atom is -0.339 e. The van der Waals surface area contributed by atoms with Crippen LogP contribution in [0, 0.1) is 0 Å². The number of likely N-dealkylation sites (N-methyl/N-ethyl adjacent to an activating group) is 1. The first-order chi connectivity index (χ1) is 9.96. The van der Waals surface area contributed by atoms with Crippen LogP contribution in [-0.4, -0.2) is 52.5 Å². The lowest BCUT2D eigenvalue weighted by atomic mass is 10.2. The van der Waals surface area contributed by atoms with Crippen LogP contribution in [0.5, 0.6) is 0 Å². The highest BCUT2D eigenvalue weighted by molar-refractivity contribution is 7.89. The van der Waals surface area contributed by atoms with E-state index >= 15 is 0 Å². The molecule has 6 nitrogen and oxygen atoms in total. The Hall–Kier alpha value is -1.15. The highest BCUT2D eigenvalue weighted by Crippen LogP contribution is 2.12. The lowest BCUT2D eigenvalue weighted by Gasteiger charge is -2.18. The van der Waals surface area contributed by atoms with Crippen molar-refractivity contribution in [2.24, 2.45) is 0 Å². The van der Waals surface area contributed by atoms with Crippen LogP contribution in [0.4, 0.5) is 0 Å². The monoisotopic (exact) mass is 349 g/mol. The van der Waals surface area contributed by atoms with Crippen molar-refractivity contribution < 1.29 is 13.2 Å². The van der Waals surface area contributed by atoms with Gasteiger partial charge < -0.3 is 10.2 Å². The first-order valence-corrected chi connectivity index (χ1v) is 8.48. The van der Waals surface area contributed by atoms with Crippen LogP contribution in [0.3, 0.4) is 0 Å². The Bertz CT molecular complexity index is 557. The zero-order chi connectivity index (χ0) is 15.9. The van der Waals surface area contributed by atoms with Crippen molar-refractivity contribution in [2.75, 3.05) is 33.2 Å². The molecule has 0 heterocycles. The second-order valence-corrected chi connectivity index (χ2v) is 6.27. The molecule has 1 rings (SSSR count). The highest BCUT2D eigenvalue weighted by Gasteiger charge is 2.16. The van der Waals surface area contributed by atoms with E-state index in [-0.39, 0.29) is 23.2 Å². The molecule has 0 fully saturated rings. The molecular formula is C14H24ClN3O3S. The van der Waals surface area contributed by atoms with E-state index in [4.69, 9.17) is 0 Å². The van der Waals surface area contributed by atoms with Gasteiger partial charge in [-0.2, -0.15) is 0 Å². The molecule has 0 aliphatic carbocycles. The average Bonchev–Trinajstić information content (AvgIpc) is 2.48. The Morgan fingerprint density at radius 2 is 1.64 bits per heavy atom. The molecule has 0 aliphatic heterocycles. The van der Waals surface area contributed by atoms with Gasteiger partial charge in [0.2, 0.25) is 10.0 Å². The first-order valence-electron chi connectivity index (χ1n) is 6.99. The van der Waals surface area contributed by atoms with Crippen LogP contribution in [0.1, 0.15) is 24.2 Å². The van der Waals surface area contributed by atoms with Gasteiger partial charge in [0.05, 0.1) is 4.90 Å². The maximum atomic E-state index is 12.1. The van der Waals surface area contributed by atoms with Crippen molar-refractivity contribution in [3.63, 3.8) is 0 Å². The number of sulfonamides is 1. The van der Waals surface area contributed by atoms with Gasteiger partial charge in [0.1, 0.15) is 0 Å². The molecule has 0 aliphatic rings. The normalized spacial score (nSPS) is 10.9. The standard InChI is InChI=1S/C14H23N3O3S.ClH/c1-4-17(5-2)14(18)12-6-8-13(9-7-12)21(19,20)16-11-10-15-3;/h6-9,15-16H,4-5,10-11H2,1-3H3;1H. The molecule has 8 heteroatoms. The van der Waals surface area contributed by atoms with E-state index in [9.17, 15) is 13.2 Å². The zero-order valence-electron chi connectivity index (χ0n) is 13.1. The number of rotatable bonds is 8. The van der Waals surface area contributed by atoms with E-state index in [0.29, 0.717) is 31.7 Å². The molecule has 1 aromatic carbocycles. The van der Waals surface area contributed by atoms with Crippen molar-refractivity contribution in [1.82, 2.24) is 14.9 Å². The summed E-state index contributed by atoms with van der Waals surface area (Å²) in [6, 6.07) is 6.01. The van der Waals surface area contributed by atoms with Gasteiger partial charge in [0, 0.05) is 31.7 Å². The summed E-state index contributed by atoms with van der Waals surface area (Å²) in [5.74, 6) is -0.0907. The van der Waals surface area contributed by atoms with Gasteiger partial charge >= 0.3 is 0 Å². The Labute approximate surface area is 138 Å². The number of nitrogens with one attached hydrogen (secondary N) is 2. The largest absolute Gasteiger partial charge is 0.339 e. The Morgan fingerprint density at radius 1 is 1.09 bits per heavy atom. The number of hydrogen-bond acceptors (Lipinski definition) is 4. The second-order valence-electron chi connectivity index (χ2n) is 4.50. The van der Waals surface area contributed by atoms with E-state index in [1.54, 1.807) is 24.1 Å². The number of carbonyl (C=O) groups excluding carboxylic acids is 1. The lowest BCUT2D eigenvalue weighted by molar-refractivity contribution is 0.0773. The molecule has 0 unspecified atom stereocenters. The summed E-state index contributed by atoms with van der Waals surface area (Å²) >= 11 is 0. The Kier molecular flexibility index (Phi) is 9.27. The third kappa shape index (κ3) is 5.57. The molecule has 0 aromatic heterocycles. The van der Waals surface area contributed by atoms with Gasteiger partial charge in [0.15, 0.2) is 0 Å². The second kappa shape index (κ2) is 9.78. The molecule has 0 bridgehead atoms. The predicted molar refractivity (Wildman–Crippen MR) is 90.1 cm³/mol. The van der Waals surface area contributed by atoms with Crippen LogP contribution >= 0.6 is 12.4 Å². The van der Waals surface area contributed by atoms with Crippen molar-refractivity contribution >= 4 is 28.3 Å². The quantitative estimate of drug-likeness (QED) is 0.689. The van der Waals surface area contributed by atoms with Gasteiger partial charge in [-0.1, -0.05) is 0 Å². The number of benzene rings is 1. The number of nitrogens with zero attached hydrogens (tertiary/aromatic N) is 1. The summed E-state index contributed by atoms with van der Waals surface area (Å²) in [6.07, 6.45) is 0. The fraction of sp³-hybridized carbons (Fsp3) is 0.500. The molecule has 126 valence electrons. The number of halogens is 1. The number of carbonyl (C=O) groups is 1. The summed E-state index contributed by atoms with van der Waals surface area (Å²) in [5, 5.41) is 2.86. The summed E-state index contributed by atoms with van der Waals surface area (Å²) < 4.78 is 26.5. The molecule has 1 amide bonds. The van der Waals surface area contributed by atoms with Gasteiger partial charge in [-0.25, -0.2) is 13.1 Å². The first kappa shape index (κ1) is 20.9. The zero-order valence-corrected chi connectivity index (χ0v) is 14.8. The molecule has 0 radical (unpaired) electrons. The summed E-state index contributed by atoms with van der Waals surface area (Å²) in [7, 11) is -1.77. The maximum Gasteiger partial charge on any atom is 0.253 e. The van der Waals surface area contributed by atoms with E-state index in [1.165, 1.54) is 12.1 Å². The SMILES string of the molecule is CCN(CC)C(=O)c1ccc(S(=O)(=O)NCCNC)cc1.Cl. The topological polar surface area (TPSA) is 78.5 Å². The fourth-order valence-electron chi connectivity index (χ4n) is 1.86. The van der Waals surface area contributed by atoms with Crippen LogP contribution in [0.15, 0.2) is 29.2 Å². The van der Waals surface area contributed by atoms with Gasteiger partial charge in [0.25, 0.3) is 5.91 Å². The smallest absolute Gasteiger partial charge is 0.253 e. The minimum atomic E-state index is -3.52. The Balaban J connectivity index is 0.00000441. The minimum absolute atomic E-state index is 0. The summed E-state index contributed by atoms with van der Waals surface area (Å²) in [4.78, 5) is 14.0. The van der Waals surface area contributed by atoms with Crippen molar-refractivity contribution in [3.05, 3.63) is 29.8 Å². The van der Waals surface area contributed by atoms with E-state index in [2.05, 4.69) is 10.0 Å². The van der Waals surface area contributed by atoms with Gasteiger partial charge in [-0.05, 0) is 45.2 Å². The Morgan fingerprint density at radius 3 is 2.09 bits per heavy atom. The summed E-state index contributed by atoms with van der Waals surface area (Å²) in [6.45, 7) is 5.94. The molecule has 0 saturated carbocycles. The molecule has 0 spiro atoms. The molecule has 0 atom stereocenters. The lowest BCUT2D eigenvalue weighted by Crippen LogP contribution is -2.31. The van der Waals surface area contributed by atoms with E-state index < -0.39 is 10.0 Å². The van der Waals surface area contributed by atoms with Crippen molar-refractivity contribution in [1.29, 1.82) is 0 Å². The van der Waals surface area contributed by atoms with Crippen molar-refractivity contribution in [3.8, 4) is 0 Å². The molecule has 1 aromatic rings. The van der Waals surface area contributed by atoms with Crippen LogP contribution in [0.25, 0.3) is 0 Å². The van der Waals surface area contributed by atoms with Crippen LogP contribution < -0.4 is 10.0 Å². The van der Waals surface area contributed by atoms with E-state index in [0.717, 1.165) is 0 Å². The molecule has 2 N–H and O–H groups in total. The van der Waals surface area contributed by atoms with Crippen LogP contribution in [0.2, 0.25) is 0 Å². The highest BCUT2D eigenvalue weighted by atomic mass is 35.5. The third-order valence-corrected chi connectivity index (χ3v) is 4.61. The molecular weight excluding hydrogens is 326 g/mol. The predicted octanol–water partition coefficient (Wildman–Crippen LogP) is 1.09. The van der Waals surface area contributed by atoms with Crippen molar-refractivity contribution in [2.45, 2.75) is 18.7 Å².